The van der Waals surface area contributed by atoms with Crippen LogP contribution in [0.25, 0.3) is 0 Å². The van der Waals surface area contributed by atoms with E-state index in [1.54, 1.807) is 0 Å². The molecule has 0 fully saturated rings. The van der Waals surface area contributed by atoms with E-state index in [9.17, 15) is 0 Å². The van der Waals surface area contributed by atoms with Crippen LogP contribution in [0.4, 0.5) is 5.69 Å². The Labute approximate surface area is 127 Å². The molecule has 21 heavy (non-hydrogen) atoms. The van der Waals surface area contributed by atoms with E-state index in [0.717, 1.165) is 30.9 Å². The molecule has 0 bridgehead atoms. The lowest BCUT2D eigenvalue weighted by Crippen LogP contribution is -2.27. The maximum Gasteiger partial charge on any atom is 0.121 e. The summed E-state index contributed by atoms with van der Waals surface area (Å²) in [7, 11) is 0. The normalized spacial score (nSPS) is 17.1. The summed E-state index contributed by atoms with van der Waals surface area (Å²) in [5.74, 6) is 0.957. The molecule has 1 aliphatic rings. The molecule has 0 aliphatic heterocycles. The number of rotatable bonds is 5. The first-order valence-corrected chi connectivity index (χ1v) is 7.91. The van der Waals surface area contributed by atoms with Crippen molar-refractivity contribution in [3.63, 3.8) is 0 Å². The van der Waals surface area contributed by atoms with E-state index >= 15 is 0 Å². The summed E-state index contributed by atoms with van der Waals surface area (Å²) < 4.78 is 5.70. The highest BCUT2D eigenvalue weighted by Gasteiger charge is 2.17. The van der Waals surface area contributed by atoms with Gasteiger partial charge in [-0.15, -0.1) is 0 Å². The number of nitrogens with one attached hydrogen (secondary N) is 1. The fourth-order valence-corrected chi connectivity index (χ4v) is 2.95. The topological polar surface area (TPSA) is 21.3 Å². The van der Waals surface area contributed by atoms with Crippen LogP contribution in [0.3, 0.4) is 0 Å². The van der Waals surface area contributed by atoms with E-state index in [2.05, 4.69) is 54.7 Å². The highest BCUT2D eigenvalue weighted by Crippen LogP contribution is 2.25. The van der Waals surface area contributed by atoms with E-state index in [1.807, 2.05) is 6.07 Å². The standard InChI is InChI=1S/C19H23NO/c1-2-12-21-19-9-5-8-17(14-19)20-18-11-10-15-6-3-4-7-16(15)13-18/h3-9,14,18,20H,2,10-13H2,1H3. The SMILES string of the molecule is CCCOc1cccc(NC2CCc3ccccc3C2)c1. The maximum atomic E-state index is 5.70. The number of anilines is 1. The average Bonchev–Trinajstić information content (AvgIpc) is 2.53. The molecule has 2 nitrogen and oxygen atoms in total. The number of benzene rings is 2. The Morgan fingerprint density at radius 3 is 2.81 bits per heavy atom. The predicted octanol–water partition coefficient (Wildman–Crippen LogP) is 4.44. The van der Waals surface area contributed by atoms with Gasteiger partial charge in [-0.1, -0.05) is 37.3 Å². The molecule has 0 saturated carbocycles. The first kappa shape index (κ1) is 14.0. The lowest BCUT2D eigenvalue weighted by Gasteiger charge is -2.26. The quantitative estimate of drug-likeness (QED) is 0.874. The van der Waals surface area contributed by atoms with Crippen LogP contribution in [0.1, 0.15) is 30.9 Å². The fourth-order valence-electron chi connectivity index (χ4n) is 2.95. The first-order valence-electron chi connectivity index (χ1n) is 7.91. The smallest absolute Gasteiger partial charge is 0.121 e. The van der Waals surface area contributed by atoms with Gasteiger partial charge in [0.2, 0.25) is 0 Å². The zero-order valence-corrected chi connectivity index (χ0v) is 12.6. The zero-order valence-electron chi connectivity index (χ0n) is 12.6. The molecule has 2 aromatic carbocycles. The minimum absolute atomic E-state index is 0.515. The van der Waals surface area contributed by atoms with Crippen LogP contribution in [0.2, 0.25) is 0 Å². The van der Waals surface area contributed by atoms with E-state index in [4.69, 9.17) is 4.74 Å². The van der Waals surface area contributed by atoms with Gasteiger partial charge < -0.3 is 10.1 Å². The van der Waals surface area contributed by atoms with Crippen molar-refractivity contribution in [2.24, 2.45) is 0 Å². The van der Waals surface area contributed by atoms with Crippen molar-refractivity contribution >= 4 is 5.69 Å². The van der Waals surface area contributed by atoms with E-state index in [1.165, 1.54) is 24.0 Å². The molecule has 0 heterocycles. The molecule has 1 atom stereocenters. The van der Waals surface area contributed by atoms with Crippen molar-refractivity contribution < 1.29 is 4.74 Å². The molecule has 0 amide bonds. The Hall–Kier alpha value is -1.96. The minimum Gasteiger partial charge on any atom is -0.494 e. The van der Waals surface area contributed by atoms with Crippen LogP contribution in [0, 0.1) is 0 Å². The monoisotopic (exact) mass is 281 g/mol. The molecule has 0 saturated heterocycles. The van der Waals surface area contributed by atoms with Gasteiger partial charge in [0.05, 0.1) is 6.61 Å². The van der Waals surface area contributed by atoms with Gasteiger partial charge >= 0.3 is 0 Å². The summed E-state index contributed by atoms with van der Waals surface area (Å²) in [4.78, 5) is 0. The molecule has 0 aromatic heterocycles. The third kappa shape index (κ3) is 3.57. The molecule has 1 aliphatic carbocycles. The van der Waals surface area contributed by atoms with Gasteiger partial charge in [0.1, 0.15) is 5.75 Å². The number of hydrogen-bond acceptors (Lipinski definition) is 2. The molecule has 1 unspecified atom stereocenters. The second kappa shape index (κ2) is 6.66. The number of ether oxygens (including phenoxy) is 1. The van der Waals surface area contributed by atoms with Crippen molar-refractivity contribution in [1.29, 1.82) is 0 Å². The van der Waals surface area contributed by atoms with E-state index in [0.29, 0.717) is 6.04 Å². The Balaban J connectivity index is 1.65. The molecule has 0 radical (unpaired) electrons. The van der Waals surface area contributed by atoms with Gasteiger partial charge in [0, 0.05) is 17.8 Å². The zero-order chi connectivity index (χ0) is 14.5. The molecular formula is C19H23NO. The van der Waals surface area contributed by atoms with Gasteiger partial charge in [-0.3, -0.25) is 0 Å². The molecule has 1 N–H and O–H groups in total. The molecule has 110 valence electrons. The van der Waals surface area contributed by atoms with Crippen LogP contribution in [0.15, 0.2) is 48.5 Å². The van der Waals surface area contributed by atoms with Crippen molar-refractivity contribution in [1.82, 2.24) is 0 Å². The van der Waals surface area contributed by atoms with Crippen molar-refractivity contribution in [3.05, 3.63) is 59.7 Å². The lowest BCUT2D eigenvalue weighted by atomic mass is 9.88. The third-order valence-electron chi connectivity index (χ3n) is 4.02. The van der Waals surface area contributed by atoms with E-state index < -0.39 is 0 Å². The Morgan fingerprint density at radius 1 is 1.10 bits per heavy atom. The van der Waals surface area contributed by atoms with Crippen molar-refractivity contribution in [2.75, 3.05) is 11.9 Å². The second-order valence-electron chi connectivity index (χ2n) is 5.73. The summed E-state index contributed by atoms with van der Waals surface area (Å²) >= 11 is 0. The number of fused-ring (bicyclic) bond motifs is 1. The molecular weight excluding hydrogens is 258 g/mol. The van der Waals surface area contributed by atoms with Crippen molar-refractivity contribution in [3.8, 4) is 5.75 Å². The number of aryl methyl sites for hydroxylation is 1. The minimum atomic E-state index is 0.515. The average molecular weight is 281 g/mol. The van der Waals surface area contributed by atoms with Crippen molar-refractivity contribution in [2.45, 2.75) is 38.6 Å². The first-order chi connectivity index (χ1) is 10.3. The Morgan fingerprint density at radius 2 is 1.95 bits per heavy atom. The van der Waals surface area contributed by atoms with Crippen LogP contribution < -0.4 is 10.1 Å². The largest absolute Gasteiger partial charge is 0.494 e. The van der Waals surface area contributed by atoms with Gasteiger partial charge in [-0.05, 0) is 48.9 Å². The van der Waals surface area contributed by atoms with Crippen LogP contribution in [0.5, 0.6) is 5.75 Å². The van der Waals surface area contributed by atoms with Gasteiger partial charge in [0.25, 0.3) is 0 Å². The summed E-state index contributed by atoms with van der Waals surface area (Å²) in [5, 5.41) is 3.66. The maximum absolute atomic E-state index is 5.70. The van der Waals surface area contributed by atoms with Crippen LogP contribution >= 0.6 is 0 Å². The summed E-state index contributed by atoms with van der Waals surface area (Å²) in [6.45, 7) is 2.90. The van der Waals surface area contributed by atoms with Crippen LogP contribution in [-0.2, 0) is 12.8 Å². The fraction of sp³-hybridized carbons (Fsp3) is 0.368. The predicted molar refractivity (Wildman–Crippen MR) is 88.1 cm³/mol. The summed E-state index contributed by atoms with van der Waals surface area (Å²) in [6, 6.07) is 17.6. The number of hydrogen-bond donors (Lipinski definition) is 1. The lowest BCUT2D eigenvalue weighted by molar-refractivity contribution is 0.317. The van der Waals surface area contributed by atoms with Gasteiger partial charge in [-0.25, -0.2) is 0 Å². The Bertz CT molecular complexity index is 594. The Kier molecular flexibility index (Phi) is 4.44. The summed E-state index contributed by atoms with van der Waals surface area (Å²) in [5.41, 5.74) is 4.16. The highest BCUT2D eigenvalue weighted by molar-refractivity contribution is 5.49. The van der Waals surface area contributed by atoms with E-state index in [-0.39, 0.29) is 0 Å². The van der Waals surface area contributed by atoms with Gasteiger partial charge in [0.15, 0.2) is 0 Å². The summed E-state index contributed by atoms with van der Waals surface area (Å²) in [6.07, 6.45) is 4.50. The third-order valence-corrected chi connectivity index (χ3v) is 4.02. The molecule has 0 spiro atoms. The molecule has 2 aromatic rings. The second-order valence-corrected chi connectivity index (χ2v) is 5.73. The van der Waals surface area contributed by atoms with Crippen LogP contribution in [-0.4, -0.2) is 12.6 Å². The molecule has 3 rings (SSSR count). The van der Waals surface area contributed by atoms with Gasteiger partial charge in [-0.2, -0.15) is 0 Å². The highest BCUT2D eigenvalue weighted by atomic mass is 16.5. The molecule has 2 heteroatoms.